The van der Waals surface area contributed by atoms with Gasteiger partial charge in [-0.05, 0) is 62.4 Å². The maximum Gasteiger partial charge on any atom is 0.291 e. The number of carbonyl (C=O) groups is 2. The number of aromatic nitrogens is 2. The number of nitrogens with one attached hydrogen (secondary N) is 2. The summed E-state index contributed by atoms with van der Waals surface area (Å²) in [4.78, 5) is 24.7. The van der Waals surface area contributed by atoms with Gasteiger partial charge in [0, 0.05) is 22.5 Å². The van der Waals surface area contributed by atoms with Gasteiger partial charge in [-0.2, -0.15) is 5.10 Å². The summed E-state index contributed by atoms with van der Waals surface area (Å²) in [7, 11) is 0. The quantitative estimate of drug-likeness (QED) is 0.486. The molecule has 2 amide bonds. The maximum absolute atomic E-state index is 12.7. The molecule has 4 aromatic rings. The number of carbonyl (C=O) groups excluding carboxylic acids is 2. The van der Waals surface area contributed by atoms with E-state index in [1.165, 1.54) is 6.26 Å². The fourth-order valence-corrected chi connectivity index (χ4v) is 3.34. The number of hydrogen-bond acceptors (Lipinski definition) is 4. The molecule has 7 heteroatoms. The smallest absolute Gasteiger partial charge is 0.291 e. The van der Waals surface area contributed by atoms with Gasteiger partial charge in [-0.1, -0.05) is 18.2 Å². The van der Waals surface area contributed by atoms with Crippen LogP contribution in [0.4, 0.5) is 5.69 Å². The molecule has 0 saturated carbocycles. The lowest BCUT2D eigenvalue weighted by atomic mass is 10.1. The number of para-hydroxylation sites is 1. The zero-order valence-corrected chi connectivity index (χ0v) is 17.2. The lowest BCUT2D eigenvalue weighted by Crippen LogP contribution is -2.27. The second-order valence-corrected chi connectivity index (χ2v) is 7.14. The summed E-state index contributed by atoms with van der Waals surface area (Å²) in [6, 6.07) is 19.6. The number of furan rings is 1. The molecule has 2 aromatic carbocycles. The van der Waals surface area contributed by atoms with Crippen molar-refractivity contribution in [2.24, 2.45) is 0 Å². The minimum absolute atomic E-state index is 0.205. The average molecular weight is 414 g/mol. The van der Waals surface area contributed by atoms with E-state index in [-0.39, 0.29) is 23.6 Å². The lowest BCUT2D eigenvalue weighted by molar-refractivity contribution is 0.0939. The predicted octanol–water partition coefficient (Wildman–Crippen LogP) is 4.52. The number of amides is 2. The van der Waals surface area contributed by atoms with Crippen LogP contribution in [0.2, 0.25) is 0 Å². The molecule has 0 radical (unpaired) electrons. The van der Waals surface area contributed by atoms with Crippen molar-refractivity contribution >= 4 is 17.5 Å². The predicted molar refractivity (Wildman–Crippen MR) is 117 cm³/mol. The van der Waals surface area contributed by atoms with E-state index in [4.69, 9.17) is 4.42 Å². The van der Waals surface area contributed by atoms with Crippen LogP contribution in [0.15, 0.2) is 83.6 Å². The first-order valence-corrected chi connectivity index (χ1v) is 9.88. The molecule has 2 aromatic heterocycles. The van der Waals surface area contributed by atoms with E-state index >= 15 is 0 Å². The number of hydrogen-bond donors (Lipinski definition) is 2. The highest BCUT2D eigenvalue weighted by Crippen LogP contribution is 2.21. The Hall–Kier alpha value is -4.13. The molecule has 0 saturated heterocycles. The Labute approximate surface area is 179 Å². The van der Waals surface area contributed by atoms with Gasteiger partial charge in [-0.25, -0.2) is 4.68 Å². The van der Waals surface area contributed by atoms with Crippen molar-refractivity contribution in [1.29, 1.82) is 0 Å². The highest BCUT2D eigenvalue weighted by Gasteiger charge is 2.17. The largest absolute Gasteiger partial charge is 0.459 e. The lowest BCUT2D eigenvalue weighted by Gasteiger charge is -2.14. The van der Waals surface area contributed by atoms with Crippen LogP contribution in [0, 0.1) is 6.92 Å². The third kappa shape index (κ3) is 4.40. The Bertz CT molecular complexity index is 1180. The standard InChI is InChI=1S/C24H22N4O3/c1-16(21-15-25-28(17(21)2)20-7-4-3-5-8-20)26-23(29)18-10-12-19(13-11-18)27-24(30)22-9-6-14-31-22/h3-16H,1-2H3,(H,26,29)(H,27,30). The van der Waals surface area contributed by atoms with E-state index < -0.39 is 0 Å². The molecule has 1 unspecified atom stereocenters. The second-order valence-electron chi connectivity index (χ2n) is 7.14. The van der Waals surface area contributed by atoms with Crippen LogP contribution < -0.4 is 10.6 Å². The summed E-state index contributed by atoms with van der Waals surface area (Å²) >= 11 is 0. The van der Waals surface area contributed by atoms with E-state index in [0.29, 0.717) is 11.3 Å². The van der Waals surface area contributed by atoms with Gasteiger partial charge >= 0.3 is 0 Å². The van der Waals surface area contributed by atoms with Gasteiger partial charge in [0.25, 0.3) is 11.8 Å². The van der Waals surface area contributed by atoms with Crippen molar-refractivity contribution in [3.8, 4) is 5.69 Å². The highest BCUT2D eigenvalue weighted by atomic mass is 16.3. The zero-order valence-electron chi connectivity index (χ0n) is 17.2. The number of anilines is 1. The molecule has 7 nitrogen and oxygen atoms in total. The van der Waals surface area contributed by atoms with Crippen molar-refractivity contribution < 1.29 is 14.0 Å². The Kier molecular flexibility index (Phi) is 5.66. The molecule has 156 valence electrons. The van der Waals surface area contributed by atoms with Crippen molar-refractivity contribution in [2.45, 2.75) is 19.9 Å². The minimum Gasteiger partial charge on any atom is -0.459 e. The van der Waals surface area contributed by atoms with Crippen molar-refractivity contribution in [3.63, 3.8) is 0 Å². The molecular formula is C24H22N4O3. The summed E-state index contributed by atoms with van der Waals surface area (Å²) in [5.41, 5.74) is 3.95. The maximum atomic E-state index is 12.7. The summed E-state index contributed by atoms with van der Waals surface area (Å²) in [5, 5.41) is 10.2. The Morgan fingerprint density at radius 1 is 0.968 bits per heavy atom. The highest BCUT2D eigenvalue weighted by molar-refractivity contribution is 6.02. The van der Waals surface area contributed by atoms with Gasteiger partial charge in [0.05, 0.1) is 24.2 Å². The van der Waals surface area contributed by atoms with E-state index in [0.717, 1.165) is 16.9 Å². The first kappa shape index (κ1) is 20.2. The Morgan fingerprint density at radius 3 is 2.39 bits per heavy atom. The van der Waals surface area contributed by atoms with Crippen LogP contribution in [-0.4, -0.2) is 21.6 Å². The second kappa shape index (κ2) is 8.71. The number of rotatable bonds is 6. The fraction of sp³-hybridized carbons (Fsp3) is 0.125. The van der Waals surface area contributed by atoms with E-state index in [2.05, 4.69) is 15.7 Å². The summed E-state index contributed by atoms with van der Waals surface area (Å²) < 4.78 is 6.93. The third-order valence-corrected chi connectivity index (χ3v) is 5.01. The molecule has 2 N–H and O–H groups in total. The van der Waals surface area contributed by atoms with Crippen LogP contribution in [0.25, 0.3) is 5.69 Å². The molecular weight excluding hydrogens is 392 g/mol. The summed E-state index contributed by atoms with van der Waals surface area (Å²) in [6.45, 7) is 3.91. The molecule has 0 bridgehead atoms. The average Bonchev–Trinajstić information content (AvgIpc) is 3.45. The molecule has 31 heavy (non-hydrogen) atoms. The monoisotopic (exact) mass is 414 g/mol. The summed E-state index contributed by atoms with van der Waals surface area (Å²) in [6.07, 6.45) is 3.22. The van der Waals surface area contributed by atoms with Gasteiger partial charge in [-0.3, -0.25) is 9.59 Å². The molecule has 0 fully saturated rings. The van der Waals surface area contributed by atoms with Crippen molar-refractivity contribution in [2.75, 3.05) is 5.32 Å². The Morgan fingerprint density at radius 2 is 1.71 bits per heavy atom. The normalized spacial score (nSPS) is 11.7. The molecule has 4 rings (SSSR count). The van der Waals surface area contributed by atoms with Crippen molar-refractivity contribution in [1.82, 2.24) is 15.1 Å². The SMILES string of the molecule is Cc1c(C(C)NC(=O)c2ccc(NC(=O)c3ccco3)cc2)cnn1-c1ccccc1. The van der Waals surface area contributed by atoms with Gasteiger partial charge in [0.2, 0.25) is 0 Å². The molecule has 0 aliphatic heterocycles. The molecule has 0 spiro atoms. The zero-order chi connectivity index (χ0) is 21.8. The molecule has 0 aliphatic carbocycles. The van der Waals surface area contributed by atoms with Gasteiger partial charge < -0.3 is 15.1 Å². The number of nitrogens with zero attached hydrogens (tertiary/aromatic N) is 2. The van der Waals surface area contributed by atoms with E-state index in [1.807, 2.05) is 48.9 Å². The van der Waals surface area contributed by atoms with Crippen LogP contribution in [0.3, 0.4) is 0 Å². The topological polar surface area (TPSA) is 89.2 Å². The molecule has 1 atom stereocenters. The van der Waals surface area contributed by atoms with Gasteiger partial charge in [0.15, 0.2) is 5.76 Å². The van der Waals surface area contributed by atoms with Crippen LogP contribution in [0.5, 0.6) is 0 Å². The fourth-order valence-electron chi connectivity index (χ4n) is 3.34. The first-order chi connectivity index (χ1) is 15.0. The van der Waals surface area contributed by atoms with Gasteiger partial charge in [0.1, 0.15) is 0 Å². The minimum atomic E-state index is -0.346. The van der Waals surface area contributed by atoms with Crippen LogP contribution >= 0.6 is 0 Å². The number of benzene rings is 2. The summed E-state index contributed by atoms with van der Waals surface area (Å²) in [5.74, 6) is -0.327. The van der Waals surface area contributed by atoms with Crippen LogP contribution in [-0.2, 0) is 0 Å². The third-order valence-electron chi connectivity index (χ3n) is 5.01. The van der Waals surface area contributed by atoms with Crippen LogP contribution in [0.1, 0.15) is 45.1 Å². The molecule has 2 heterocycles. The van der Waals surface area contributed by atoms with E-state index in [1.54, 1.807) is 42.6 Å². The Balaban J connectivity index is 1.41. The molecule has 0 aliphatic rings. The first-order valence-electron chi connectivity index (χ1n) is 9.88. The van der Waals surface area contributed by atoms with Crippen molar-refractivity contribution in [3.05, 3.63) is 102 Å². The van der Waals surface area contributed by atoms with Gasteiger partial charge in [-0.15, -0.1) is 0 Å². The van der Waals surface area contributed by atoms with E-state index in [9.17, 15) is 9.59 Å².